The molecule has 0 unspecified atom stereocenters. The van der Waals surface area contributed by atoms with E-state index in [0.29, 0.717) is 28.0 Å². The van der Waals surface area contributed by atoms with E-state index >= 15 is 0 Å². The molecule has 0 saturated carbocycles. The molecule has 2 aromatic rings. The lowest BCUT2D eigenvalue weighted by Crippen LogP contribution is -2.10. The molecule has 0 radical (unpaired) electrons. The highest BCUT2D eigenvalue weighted by Gasteiger charge is 2.01. The van der Waals surface area contributed by atoms with Gasteiger partial charge >= 0.3 is 0 Å². The van der Waals surface area contributed by atoms with E-state index in [1.807, 2.05) is 12.1 Å². The van der Waals surface area contributed by atoms with E-state index in [-0.39, 0.29) is 5.84 Å². The Bertz CT molecular complexity index is 577. The molecule has 0 atom stereocenters. The molecule has 0 fully saturated rings. The van der Waals surface area contributed by atoms with Crippen molar-refractivity contribution in [3.63, 3.8) is 0 Å². The Balaban J connectivity index is 2.03. The number of ether oxygens (including phenoxy) is 1. The topological polar surface area (TPSA) is 59.1 Å². The van der Waals surface area contributed by atoms with Crippen LogP contribution in [0.4, 0.5) is 0 Å². The van der Waals surface area contributed by atoms with Gasteiger partial charge < -0.3 is 10.5 Å². The van der Waals surface area contributed by atoms with Gasteiger partial charge in [-0.2, -0.15) is 0 Å². The van der Waals surface area contributed by atoms with Crippen molar-refractivity contribution in [3.05, 3.63) is 63.6 Å². The summed E-state index contributed by atoms with van der Waals surface area (Å²) in [6.07, 6.45) is 0. The van der Waals surface area contributed by atoms with Crippen LogP contribution in [0, 0.1) is 5.41 Å². The lowest BCUT2D eigenvalue weighted by atomic mass is 10.1. The van der Waals surface area contributed by atoms with Gasteiger partial charge in [-0.15, -0.1) is 0 Å². The molecule has 0 aliphatic carbocycles. The molecule has 5 heteroatoms. The van der Waals surface area contributed by atoms with Crippen LogP contribution in [0.3, 0.4) is 0 Å². The highest BCUT2D eigenvalue weighted by atomic mass is 35.5. The van der Waals surface area contributed by atoms with Crippen LogP contribution < -0.4 is 10.5 Å². The van der Waals surface area contributed by atoms with E-state index in [2.05, 4.69) is 0 Å². The van der Waals surface area contributed by atoms with Gasteiger partial charge in [-0.05, 0) is 23.8 Å². The maximum absolute atomic E-state index is 7.31. The number of amidine groups is 1. The molecule has 2 rings (SSSR count). The van der Waals surface area contributed by atoms with Crippen LogP contribution in [0.1, 0.15) is 11.1 Å². The summed E-state index contributed by atoms with van der Waals surface area (Å²) in [7, 11) is 0. The van der Waals surface area contributed by atoms with Gasteiger partial charge in [0.1, 0.15) is 18.2 Å². The summed E-state index contributed by atoms with van der Waals surface area (Å²) in [5.41, 5.74) is 7.05. The molecule has 0 amide bonds. The third-order valence-corrected chi connectivity index (χ3v) is 2.94. The number of benzene rings is 2. The Hall–Kier alpha value is -1.71. The molecule has 98 valence electrons. The normalized spacial score (nSPS) is 10.2. The molecule has 0 bridgehead atoms. The SMILES string of the molecule is N=C(N)c1ccc(COc2cc(Cl)cc(Cl)c2)cc1. The lowest BCUT2D eigenvalue weighted by Gasteiger charge is -2.08. The van der Waals surface area contributed by atoms with Crippen molar-refractivity contribution >= 4 is 29.0 Å². The second-order valence-electron chi connectivity index (χ2n) is 4.00. The molecule has 3 N–H and O–H groups in total. The van der Waals surface area contributed by atoms with E-state index in [4.69, 9.17) is 39.1 Å². The van der Waals surface area contributed by atoms with Crippen LogP contribution in [0.5, 0.6) is 5.75 Å². The van der Waals surface area contributed by atoms with Gasteiger partial charge in [-0.3, -0.25) is 5.41 Å². The molecule has 0 aliphatic rings. The molecule has 3 nitrogen and oxygen atoms in total. The van der Waals surface area contributed by atoms with Gasteiger partial charge in [-0.25, -0.2) is 0 Å². The van der Waals surface area contributed by atoms with E-state index in [1.165, 1.54) is 0 Å². The van der Waals surface area contributed by atoms with Crippen molar-refractivity contribution < 1.29 is 4.74 Å². The second kappa shape index (κ2) is 5.95. The Kier molecular flexibility index (Phi) is 4.30. The van der Waals surface area contributed by atoms with Gasteiger partial charge in [0.15, 0.2) is 0 Å². The first-order valence-electron chi connectivity index (χ1n) is 5.57. The molecule has 0 saturated heterocycles. The summed E-state index contributed by atoms with van der Waals surface area (Å²) in [4.78, 5) is 0. The average molecular weight is 295 g/mol. The smallest absolute Gasteiger partial charge is 0.122 e. The number of nitrogens with one attached hydrogen (secondary N) is 1. The van der Waals surface area contributed by atoms with Crippen LogP contribution in [0.2, 0.25) is 10.0 Å². The third kappa shape index (κ3) is 3.88. The number of nitrogens with two attached hydrogens (primary N) is 1. The van der Waals surface area contributed by atoms with Crippen molar-refractivity contribution in [2.75, 3.05) is 0 Å². The molecular weight excluding hydrogens is 283 g/mol. The minimum atomic E-state index is 0.0501. The first-order chi connectivity index (χ1) is 9.04. The van der Waals surface area contributed by atoms with E-state index < -0.39 is 0 Å². The van der Waals surface area contributed by atoms with Crippen molar-refractivity contribution in [1.82, 2.24) is 0 Å². The van der Waals surface area contributed by atoms with E-state index in [1.54, 1.807) is 30.3 Å². The van der Waals surface area contributed by atoms with E-state index in [9.17, 15) is 0 Å². The Morgan fingerprint density at radius 2 is 1.63 bits per heavy atom. The Morgan fingerprint density at radius 3 is 2.16 bits per heavy atom. The lowest BCUT2D eigenvalue weighted by molar-refractivity contribution is 0.306. The maximum atomic E-state index is 7.31. The van der Waals surface area contributed by atoms with Crippen molar-refractivity contribution in [2.24, 2.45) is 5.73 Å². The standard InChI is InChI=1S/C14H12Cl2N2O/c15-11-5-12(16)7-13(6-11)19-8-9-1-3-10(4-2-9)14(17)18/h1-7H,8H2,(H3,17,18). The van der Waals surface area contributed by atoms with Crippen molar-refractivity contribution in [1.29, 1.82) is 5.41 Å². The molecule has 0 heterocycles. The summed E-state index contributed by atoms with van der Waals surface area (Å²) < 4.78 is 5.60. The fourth-order valence-corrected chi connectivity index (χ4v) is 2.07. The summed E-state index contributed by atoms with van der Waals surface area (Å²) in [5.74, 6) is 0.669. The number of halogens is 2. The second-order valence-corrected chi connectivity index (χ2v) is 4.88. The minimum Gasteiger partial charge on any atom is -0.489 e. The zero-order valence-electron chi connectivity index (χ0n) is 9.99. The van der Waals surface area contributed by atoms with Gasteiger partial charge in [0.25, 0.3) is 0 Å². The van der Waals surface area contributed by atoms with E-state index in [0.717, 1.165) is 5.56 Å². The highest BCUT2D eigenvalue weighted by molar-refractivity contribution is 6.34. The molecule has 0 spiro atoms. The zero-order valence-corrected chi connectivity index (χ0v) is 11.5. The van der Waals surface area contributed by atoms with Crippen LogP contribution in [0.15, 0.2) is 42.5 Å². The summed E-state index contributed by atoms with van der Waals surface area (Å²) in [6.45, 7) is 0.398. The average Bonchev–Trinajstić information content (AvgIpc) is 2.36. The number of rotatable bonds is 4. The molecule has 2 aromatic carbocycles. The molecular formula is C14H12Cl2N2O. The monoisotopic (exact) mass is 294 g/mol. The van der Waals surface area contributed by atoms with Crippen LogP contribution in [0.25, 0.3) is 0 Å². The number of nitrogen functional groups attached to an aromatic ring is 1. The van der Waals surface area contributed by atoms with Crippen LogP contribution in [-0.2, 0) is 6.61 Å². The minimum absolute atomic E-state index is 0.0501. The number of hydrogen-bond acceptors (Lipinski definition) is 2. The first-order valence-corrected chi connectivity index (χ1v) is 6.32. The van der Waals surface area contributed by atoms with Crippen molar-refractivity contribution in [2.45, 2.75) is 6.61 Å². The Morgan fingerprint density at radius 1 is 1.05 bits per heavy atom. The van der Waals surface area contributed by atoms with Gasteiger partial charge in [0, 0.05) is 15.6 Å². The van der Waals surface area contributed by atoms with Gasteiger partial charge in [0.05, 0.1) is 0 Å². The Labute approximate surface area is 121 Å². The van der Waals surface area contributed by atoms with Gasteiger partial charge in [-0.1, -0.05) is 47.5 Å². The molecule has 19 heavy (non-hydrogen) atoms. The fourth-order valence-electron chi connectivity index (χ4n) is 1.56. The molecule has 0 aromatic heterocycles. The predicted octanol–water partition coefficient (Wildman–Crippen LogP) is 3.86. The largest absolute Gasteiger partial charge is 0.489 e. The quantitative estimate of drug-likeness (QED) is 0.664. The highest BCUT2D eigenvalue weighted by Crippen LogP contribution is 2.24. The number of hydrogen-bond donors (Lipinski definition) is 2. The fraction of sp³-hybridized carbons (Fsp3) is 0.0714. The maximum Gasteiger partial charge on any atom is 0.122 e. The zero-order chi connectivity index (χ0) is 13.8. The van der Waals surface area contributed by atoms with Gasteiger partial charge in [0.2, 0.25) is 0 Å². The molecule has 0 aliphatic heterocycles. The van der Waals surface area contributed by atoms with Crippen LogP contribution in [-0.4, -0.2) is 5.84 Å². The van der Waals surface area contributed by atoms with Crippen LogP contribution >= 0.6 is 23.2 Å². The predicted molar refractivity (Wildman–Crippen MR) is 78.3 cm³/mol. The summed E-state index contributed by atoms with van der Waals surface area (Å²) in [5, 5.41) is 8.38. The first kappa shape index (κ1) is 13.7. The third-order valence-electron chi connectivity index (χ3n) is 2.51. The summed E-state index contributed by atoms with van der Waals surface area (Å²) in [6, 6.07) is 12.4. The summed E-state index contributed by atoms with van der Waals surface area (Å²) >= 11 is 11.8. The van der Waals surface area contributed by atoms with Crippen molar-refractivity contribution in [3.8, 4) is 5.75 Å².